The Morgan fingerprint density at radius 1 is 1.60 bits per heavy atom. The third kappa shape index (κ3) is 4.15. The molecule has 88 valence electrons. The SMILES string of the molecule is COC(CN)C(=O)NCC1CCOCC1. The first kappa shape index (κ1) is 12.4. The molecule has 1 unspecified atom stereocenters. The zero-order valence-electron chi connectivity index (χ0n) is 9.20. The zero-order valence-corrected chi connectivity index (χ0v) is 9.20. The summed E-state index contributed by atoms with van der Waals surface area (Å²) in [6.07, 6.45) is 1.51. The van der Waals surface area contributed by atoms with Gasteiger partial charge in [-0.25, -0.2) is 0 Å². The summed E-state index contributed by atoms with van der Waals surface area (Å²) in [5, 5.41) is 2.85. The highest BCUT2D eigenvalue weighted by atomic mass is 16.5. The van der Waals surface area contributed by atoms with Crippen LogP contribution in [0.5, 0.6) is 0 Å². The number of amides is 1. The van der Waals surface area contributed by atoms with E-state index in [1.165, 1.54) is 7.11 Å². The van der Waals surface area contributed by atoms with Crippen molar-refractivity contribution in [3.8, 4) is 0 Å². The molecule has 0 aromatic heterocycles. The Morgan fingerprint density at radius 2 is 2.27 bits per heavy atom. The third-order valence-electron chi connectivity index (χ3n) is 2.70. The largest absolute Gasteiger partial charge is 0.381 e. The smallest absolute Gasteiger partial charge is 0.250 e. The first-order chi connectivity index (χ1) is 7.27. The summed E-state index contributed by atoms with van der Waals surface area (Å²) in [5.74, 6) is 0.407. The van der Waals surface area contributed by atoms with Crippen LogP contribution in [0.3, 0.4) is 0 Å². The summed E-state index contributed by atoms with van der Waals surface area (Å²) in [7, 11) is 1.49. The van der Waals surface area contributed by atoms with E-state index in [2.05, 4.69) is 5.32 Å². The molecule has 1 aliphatic heterocycles. The molecule has 0 aromatic rings. The Balaban J connectivity index is 2.20. The third-order valence-corrected chi connectivity index (χ3v) is 2.70. The second-order valence-electron chi connectivity index (χ2n) is 3.76. The van der Waals surface area contributed by atoms with Gasteiger partial charge in [-0.1, -0.05) is 0 Å². The number of carbonyl (C=O) groups is 1. The van der Waals surface area contributed by atoms with Gasteiger partial charge in [-0.3, -0.25) is 4.79 Å². The maximum absolute atomic E-state index is 11.5. The van der Waals surface area contributed by atoms with E-state index in [1.54, 1.807) is 0 Å². The maximum Gasteiger partial charge on any atom is 0.250 e. The summed E-state index contributed by atoms with van der Waals surface area (Å²) < 4.78 is 10.2. The van der Waals surface area contributed by atoms with Crippen LogP contribution in [-0.2, 0) is 14.3 Å². The quantitative estimate of drug-likeness (QED) is 0.650. The van der Waals surface area contributed by atoms with Crippen LogP contribution in [0.1, 0.15) is 12.8 Å². The number of nitrogens with two attached hydrogens (primary N) is 1. The van der Waals surface area contributed by atoms with Crippen molar-refractivity contribution in [1.29, 1.82) is 0 Å². The van der Waals surface area contributed by atoms with Gasteiger partial charge in [0.2, 0.25) is 5.91 Å². The molecule has 1 heterocycles. The van der Waals surface area contributed by atoms with Gasteiger partial charge < -0.3 is 20.5 Å². The average molecular weight is 216 g/mol. The van der Waals surface area contributed by atoms with E-state index >= 15 is 0 Å². The van der Waals surface area contributed by atoms with Gasteiger partial charge in [-0.15, -0.1) is 0 Å². The lowest BCUT2D eigenvalue weighted by Crippen LogP contribution is -2.42. The topological polar surface area (TPSA) is 73.6 Å². The molecular weight excluding hydrogens is 196 g/mol. The van der Waals surface area contributed by atoms with Gasteiger partial charge in [-0.2, -0.15) is 0 Å². The highest BCUT2D eigenvalue weighted by Crippen LogP contribution is 2.13. The molecule has 1 atom stereocenters. The van der Waals surface area contributed by atoms with E-state index < -0.39 is 6.10 Å². The van der Waals surface area contributed by atoms with Gasteiger partial charge in [-0.05, 0) is 18.8 Å². The molecule has 0 aromatic carbocycles. The number of carbonyl (C=O) groups excluding carboxylic acids is 1. The van der Waals surface area contributed by atoms with E-state index in [1.807, 2.05) is 0 Å². The number of hydrogen-bond donors (Lipinski definition) is 2. The summed E-state index contributed by atoms with van der Waals surface area (Å²) in [5.41, 5.74) is 5.39. The lowest BCUT2D eigenvalue weighted by atomic mass is 10.0. The van der Waals surface area contributed by atoms with Crippen molar-refractivity contribution in [3.05, 3.63) is 0 Å². The molecule has 3 N–H and O–H groups in total. The van der Waals surface area contributed by atoms with E-state index in [0.717, 1.165) is 26.1 Å². The van der Waals surface area contributed by atoms with E-state index in [-0.39, 0.29) is 12.5 Å². The molecule has 5 heteroatoms. The lowest BCUT2D eigenvalue weighted by molar-refractivity contribution is -0.130. The van der Waals surface area contributed by atoms with Crippen molar-refractivity contribution in [2.24, 2.45) is 11.7 Å². The Hall–Kier alpha value is -0.650. The molecule has 0 spiro atoms. The molecule has 0 bridgehead atoms. The summed E-state index contributed by atoms with van der Waals surface area (Å²) in [6.45, 7) is 2.51. The number of hydrogen-bond acceptors (Lipinski definition) is 4. The minimum absolute atomic E-state index is 0.119. The van der Waals surface area contributed by atoms with Crippen LogP contribution >= 0.6 is 0 Å². The zero-order chi connectivity index (χ0) is 11.1. The Morgan fingerprint density at radius 3 is 2.80 bits per heavy atom. The van der Waals surface area contributed by atoms with Crippen molar-refractivity contribution in [3.63, 3.8) is 0 Å². The van der Waals surface area contributed by atoms with Crippen molar-refractivity contribution < 1.29 is 14.3 Å². The fraction of sp³-hybridized carbons (Fsp3) is 0.900. The molecule has 0 aliphatic carbocycles. The second kappa shape index (κ2) is 6.76. The average Bonchev–Trinajstić information content (AvgIpc) is 2.29. The van der Waals surface area contributed by atoms with E-state index in [4.69, 9.17) is 15.2 Å². The molecular formula is C10H20N2O3. The van der Waals surface area contributed by atoms with Crippen LogP contribution in [-0.4, -0.2) is 45.4 Å². The van der Waals surface area contributed by atoms with Crippen LogP contribution < -0.4 is 11.1 Å². The van der Waals surface area contributed by atoms with Gasteiger partial charge in [0, 0.05) is 33.4 Å². The van der Waals surface area contributed by atoms with Gasteiger partial charge in [0.25, 0.3) is 0 Å². The Bertz CT molecular complexity index is 189. The van der Waals surface area contributed by atoms with E-state index in [9.17, 15) is 4.79 Å². The molecule has 1 fully saturated rings. The molecule has 1 amide bonds. The fourth-order valence-corrected chi connectivity index (χ4v) is 1.62. The highest BCUT2D eigenvalue weighted by molar-refractivity contribution is 5.80. The highest BCUT2D eigenvalue weighted by Gasteiger charge is 2.18. The van der Waals surface area contributed by atoms with Gasteiger partial charge >= 0.3 is 0 Å². The molecule has 0 saturated carbocycles. The fourth-order valence-electron chi connectivity index (χ4n) is 1.62. The van der Waals surface area contributed by atoms with Crippen molar-refractivity contribution >= 4 is 5.91 Å². The molecule has 0 radical (unpaired) electrons. The summed E-state index contributed by atoms with van der Waals surface area (Å²) >= 11 is 0. The van der Waals surface area contributed by atoms with Crippen LogP contribution in [0.15, 0.2) is 0 Å². The van der Waals surface area contributed by atoms with Crippen LogP contribution in [0.2, 0.25) is 0 Å². The van der Waals surface area contributed by atoms with Gasteiger partial charge in [0.05, 0.1) is 0 Å². The maximum atomic E-state index is 11.5. The second-order valence-corrected chi connectivity index (χ2v) is 3.76. The first-order valence-electron chi connectivity index (χ1n) is 5.36. The van der Waals surface area contributed by atoms with Crippen LogP contribution in [0.25, 0.3) is 0 Å². The minimum Gasteiger partial charge on any atom is -0.381 e. The normalized spacial score (nSPS) is 19.9. The molecule has 1 aliphatic rings. The van der Waals surface area contributed by atoms with Gasteiger partial charge in [0.1, 0.15) is 6.10 Å². The Labute approximate surface area is 90.3 Å². The van der Waals surface area contributed by atoms with Gasteiger partial charge in [0.15, 0.2) is 0 Å². The van der Waals surface area contributed by atoms with Crippen molar-refractivity contribution in [1.82, 2.24) is 5.32 Å². The number of ether oxygens (including phenoxy) is 2. The van der Waals surface area contributed by atoms with E-state index in [0.29, 0.717) is 12.5 Å². The number of rotatable bonds is 5. The molecule has 15 heavy (non-hydrogen) atoms. The predicted molar refractivity (Wildman–Crippen MR) is 56.4 cm³/mol. The molecule has 5 nitrogen and oxygen atoms in total. The standard InChI is InChI=1S/C10H20N2O3/c1-14-9(6-11)10(13)12-7-8-2-4-15-5-3-8/h8-9H,2-7,11H2,1H3,(H,12,13). The number of methoxy groups -OCH3 is 1. The monoisotopic (exact) mass is 216 g/mol. The lowest BCUT2D eigenvalue weighted by Gasteiger charge is -2.23. The Kier molecular flexibility index (Phi) is 5.60. The van der Waals surface area contributed by atoms with Crippen molar-refractivity contribution in [2.75, 3.05) is 33.4 Å². The minimum atomic E-state index is -0.523. The number of nitrogens with one attached hydrogen (secondary N) is 1. The molecule has 1 rings (SSSR count). The first-order valence-corrected chi connectivity index (χ1v) is 5.36. The van der Waals surface area contributed by atoms with Crippen LogP contribution in [0, 0.1) is 5.92 Å². The van der Waals surface area contributed by atoms with Crippen LogP contribution in [0.4, 0.5) is 0 Å². The molecule has 1 saturated heterocycles. The summed E-state index contributed by atoms with van der Waals surface area (Å²) in [4.78, 5) is 11.5. The van der Waals surface area contributed by atoms with Crippen molar-refractivity contribution in [2.45, 2.75) is 18.9 Å². The predicted octanol–water partition coefficient (Wildman–Crippen LogP) is -0.497. The summed E-state index contributed by atoms with van der Waals surface area (Å²) in [6, 6.07) is 0.